The third kappa shape index (κ3) is 2.47. The number of nitrogens with one attached hydrogen (secondary N) is 1. The molecule has 96 valence electrons. The first kappa shape index (κ1) is 12.5. The van der Waals surface area contributed by atoms with Crippen molar-refractivity contribution in [1.29, 1.82) is 0 Å². The van der Waals surface area contributed by atoms with E-state index in [1.54, 1.807) is 6.92 Å². The molecule has 0 radical (unpaired) electrons. The number of aromatic nitrogens is 2. The van der Waals surface area contributed by atoms with Gasteiger partial charge in [0.05, 0.1) is 15.9 Å². The Kier molecular flexibility index (Phi) is 3.22. The summed E-state index contributed by atoms with van der Waals surface area (Å²) in [6.07, 6.45) is 0. The lowest BCUT2D eigenvalue weighted by atomic mass is 10.3. The molecule has 1 amide bonds. The molecule has 0 unspecified atom stereocenters. The minimum absolute atomic E-state index is 0.221. The van der Waals surface area contributed by atoms with Crippen molar-refractivity contribution in [2.75, 3.05) is 5.32 Å². The lowest BCUT2D eigenvalue weighted by Gasteiger charge is -1.98. The van der Waals surface area contributed by atoms with Crippen molar-refractivity contribution < 1.29 is 4.79 Å². The van der Waals surface area contributed by atoms with Crippen molar-refractivity contribution in [2.24, 2.45) is 0 Å². The van der Waals surface area contributed by atoms with Crippen molar-refractivity contribution in [1.82, 2.24) is 9.97 Å². The lowest BCUT2D eigenvalue weighted by molar-refractivity contribution is 0.103. The van der Waals surface area contributed by atoms with Gasteiger partial charge in [0.25, 0.3) is 5.91 Å². The number of thiazole rings is 2. The number of amides is 1. The van der Waals surface area contributed by atoms with Crippen molar-refractivity contribution in [3.63, 3.8) is 0 Å². The van der Waals surface area contributed by atoms with Gasteiger partial charge in [0.2, 0.25) is 0 Å². The lowest BCUT2D eigenvalue weighted by Crippen LogP contribution is -2.11. The van der Waals surface area contributed by atoms with Gasteiger partial charge in [-0.1, -0.05) is 46.4 Å². The van der Waals surface area contributed by atoms with E-state index in [1.165, 1.54) is 22.7 Å². The van der Waals surface area contributed by atoms with E-state index in [-0.39, 0.29) is 5.91 Å². The first-order valence-electron chi connectivity index (χ1n) is 5.43. The SMILES string of the molecule is Cc1nc(Cl)sc1C(=O)Nc1nc2ccccc2s1. The van der Waals surface area contributed by atoms with Gasteiger partial charge in [-0.25, -0.2) is 9.97 Å². The van der Waals surface area contributed by atoms with Gasteiger partial charge in [0.1, 0.15) is 4.88 Å². The van der Waals surface area contributed by atoms with Crippen LogP contribution in [0.25, 0.3) is 10.2 Å². The minimum Gasteiger partial charge on any atom is -0.297 e. The van der Waals surface area contributed by atoms with Gasteiger partial charge in [0, 0.05) is 0 Å². The van der Waals surface area contributed by atoms with Crippen molar-refractivity contribution in [3.05, 3.63) is 39.3 Å². The maximum Gasteiger partial charge on any atom is 0.269 e. The molecule has 2 aromatic heterocycles. The normalized spacial score (nSPS) is 10.8. The quantitative estimate of drug-likeness (QED) is 0.779. The van der Waals surface area contributed by atoms with Gasteiger partial charge in [0.15, 0.2) is 9.60 Å². The van der Waals surface area contributed by atoms with Crippen LogP contribution in [0.4, 0.5) is 5.13 Å². The fourth-order valence-electron chi connectivity index (χ4n) is 1.65. The summed E-state index contributed by atoms with van der Waals surface area (Å²) < 4.78 is 1.41. The van der Waals surface area contributed by atoms with Crippen LogP contribution in [-0.4, -0.2) is 15.9 Å². The summed E-state index contributed by atoms with van der Waals surface area (Å²) in [5.41, 5.74) is 1.51. The molecule has 0 spiro atoms. The summed E-state index contributed by atoms with van der Waals surface area (Å²) in [6.45, 7) is 1.76. The molecule has 0 atom stereocenters. The molecule has 0 aliphatic heterocycles. The number of anilines is 1. The molecule has 1 aromatic carbocycles. The highest BCUT2D eigenvalue weighted by Crippen LogP contribution is 2.27. The average molecular weight is 310 g/mol. The number of para-hydroxylation sites is 1. The number of hydrogen-bond acceptors (Lipinski definition) is 5. The van der Waals surface area contributed by atoms with Crippen LogP contribution in [0.15, 0.2) is 24.3 Å². The first-order valence-corrected chi connectivity index (χ1v) is 7.44. The van der Waals surface area contributed by atoms with Crippen molar-refractivity contribution in [2.45, 2.75) is 6.92 Å². The Hall–Kier alpha value is -1.50. The number of fused-ring (bicyclic) bond motifs is 1. The van der Waals surface area contributed by atoms with E-state index in [0.717, 1.165) is 10.2 Å². The third-order valence-corrected chi connectivity index (χ3v) is 4.70. The molecule has 1 N–H and O–H groups in total. The third-order valence-electron chi connectivity index (χ3n) is 2.49. The van der Waals surface area contributed by atoms with Crippen LogP contribution in [0, 0.1) is 6.92 Å². The molecule has 4 nitrogen and oxygen atoms in total. The summed E-state index contributed by atoms with van der Waals surface area (Å²) in [4.78, 5) is 21.0. The van der Waals surface area contributed by atoms with Crippen molar-refractivity contribution in [3.8, 4) is 0 Å². The number of aryl methyl sites for hydroxylation is 1. The monoisotopic (exact) mass is 309 g/mol. The van der Waals surface area contributed by atoms with E-state index < -0.39 is 0 Å². The second-order valence-electron chi connectivity index (χ2n) is 3.82. The van der Waals surface area contributed by atoms with Gasteiger partial charge < -0.3 is 0 Å². The van der Waals surface area contributed by atoms with Crippen LogP contribution in [-0.2, 0) is 0 Å². The van der Waals surface area contributed by atoms with E-state index in [0.29, 0.717) is 20.2 Å². The van der Waals surface area contributed by atoms with E-state index in [9.17, 15) is 4.79 Å². The van der Waals surface area contributed by atoms with Gasteiger partial charge in [-0.15, -0.1) is 0 Å². The van der Waals surface area contributed by atoms with Crippen LogP contribution >= 0.6 is 34.3 Å². The van der Waals surface area contributed by atoms with E-state index in [2.05, 4.69) is 15.3 Å². The molecule has 3 aromatic rings. The number of rotatable bonds is 2. The highest BCUT2D eigenvalue weighted by molar-refractivity contribution is 7.22. The van der Waals surface area contributed by atoms with Crippen LogP contribution in [0.1, 0.15) is 15.4 Å². The van der Waals surface area contributed by atoms with E-state index in [4.69, 9.17) is 11.6 Å². The maximum absolute atomic E-state index is 12.1. The predicted molar refractivity (Wildman–Crippen MR) is 79.4 cm³/mol. The molecular weight excluding hydrogens is 302 g/mol. The zero-order valence-corrected chi connectivity index (χ0v) is 12.2. The van der Waals surface area contributed by atoms with Crippen molar-refractivity contribution >= 4 is 55.5 Å². The highest BCUT2D eigenvalue weighted by atomic mass is 35.5. The molecule has 2 heterocycles. The van der Waals surface area contributed by atoms with Gasteiger partial charge >= 0.3 is 0 Å². The average Bonchev–Trinajstić information content (AvgIpc) is 2.91. The number of carbonyl (C=O) groups excluding carboxylic acids is 1. The Morgan fingerprint density at radius 3 is 2.74 bits per heavy atom. The van der Waals surface area contributed by atoms with Gasteiger partial charge in [-0.05, 0) is 19.1 Å². The minimum atomic E-state index is -0.221. The Morgan fingerprint density at radius 1 is 1.26 bits per heavy atom. The fourth-order valence-corrected chi connectivity index (χ4v) is 3.56. The van der Waals surface area contributed by atoms with Gasteiger partial charge in [-0.2, -0.15) is 0 Å². The summed E-state index contributed by atoms with van der Waals surface area (Å²) in [5, 5.41) is 3.36. The molecule has 19 heavy (non-hydrogen) atoms. The fraction of sp³-hybridized carbons (Fsp3) is 0.0833. The molecular formula is C12H8ClN3OS2. The summed E-state index contributed by atoms with van der Waals surface area (Å²) in [7, 11) is 0. The molecule has 7 heteroatoms. The van der Waals surface area contributed by atoms with E-state index >= 15 is 0 Å². The number of benzene rings is 1. The smallest absolute Gasteiger partial charge is 0.269 e. The Labute approximate surface area is 122 Å². The zero-order chi connectivity index (χ0) is 13.4. The largest absolute Gasteiger partial charge is 0.297 e. The number of nitrogens with zero attached hydrogens (tertiary/aromatic N) is 2. The Bertz CT molecular complexity index is 732. The standard InChI is InChI=1S/C12H8ClN3OS2/c1-6-9(19-11(13)14-6)10(17)16-12-15-7-4-2-3-5-8(7)18-12/h2-5H,1H3,(H,15,16,17). The molecule has 3 rings (SSSR count). The van der Waals surface area contributed by atoms with Gasteiger partial charge in [-0.3, -0.25) is 10.1 Å². The first-order chi connectivity index (χ1) is 9.13. The van der Waals surface area contributed by atoms with Crippen LogP contribution in [0.5, 0.6) is 0 Å². The predicted octanol–water partition coefficient (Wildman–Crippen LogP) is 3.97. The summed E-state index contributed by atoms with van der Waals surface area (Å²) in [5.74, 6) is -0.221. The van der Waals surface area contributed by atoms with Crippen LogP contribution < -0.4 is 5.32 Å². The maximum atomic E-state index is 12.1. The molecule has 0 fully saturated rings. The molecule has 0 saturated carbocycles. The molecule has 0 bridgehead atoms. The molecule has 0 aliphatic carbocycles. The van der Waals surface area contributed by atoms with Crippen LogP contribution in [0.3, 0.4) is 0 Å². The number of halogens is 1. The number of carbonyl (C=O) groups is 1. The summed E-state index contributed by atoms with van der Waals surface area (Å²) >= 11 is 8.40. The summed E-state index contributed by atoms with van der Waals surface area (Å²) in [6, 6.07) is 7.74. The topological polar surface area (TPSA) is 54.9 Å². The molecule has 0 aliphatic rings. The second-order valence-corrected chi connectivity index (χ2v) is 6.43. The number of hydrogen-bond donors (Lipinski definition) is 1. The zero-order valence-electron chi connectivity index (χ0n) is 9.81. The van der Waals surface area contributed by atoms with Crippen LogP contribution in [0.2, 0.25) is 4.47 Å². The Balaban J connectivity index is 1.88. The second kappa shape index (κ2) is 4.88. The molecule has 0 saturated heterocycles. The Morgan fingerprint density at radius 2 is 2.05 bits per heavy atom. The van der Waals surface area contributed by atoms with E-state index in [1.807, 2.05) is 24.3 Å². The highest BCUT2D eigenvalue weighted by Gasteiger charge is 2.16.